The highest BCUT2D eigenvalue weighted by Gasteiger charge is 2.48. The maximum atomic E-state index is 12.3. The molecule has 0 atom stereocenters. The molecule has 0 N–H and O–H groups in total. The van der Waals surface area contributed by atoms with Crippen LogP contribution in [0.4, 0.5) is 13.2 Å². The van der Waals surface area contributed by atoms with Crippen LogP contribution in [0.5, 0.6) is 5.88 Å². The number of imidazole rings is 1. The molecule has 0 amide bonds. The quantitative estimate of drug-likeness (QED) is 0.540. The van der Waals surface area contributed by atoms with Gasteiger partial charge in [0, 0.05) is 29.5 Å². The number of rotatable bonds is 3. The molecule has 3 aromatic rings. The lowest BCUT2D eigenvalue weighted by atomic mass is 10.2. The van der Waals surface area contributed by atoms with Crippen LogP contribution in [-0.4, -0.2) is 28.5 Å². The molecule has 0 saturated carbocycles. The van der Waals surface area contributed by atoms with Crippen LogP contribution in [0.3, 0.4) is 0 Å². The number of hydrogen-bond donors (Lipinski definition) is 0. The van der Waals surface area contributed by atoms with Crippen molar-refractivity contribution in [3.05, 3.63) is 49.1 Å². The van der Waals surface area contributed by atoms with Crippen molar-refractivity contribution in [2.24, 2.45) is 0 Å². The van der Waals surface area contributed by atoms with E-state index in [0.717, 1.165) is 11.8 Å². The second kappa shape index (κ2) is 5.23. The van der Waals surface area contributed by atoms with E-state index in [1.54, 1.807) is 35.4 Å². The summed E-state index contributed by atoms with van der Waals surface area (Å²) in [6, 6.07) is 7.41. The minimum absolute atomic E-state index is 0.295. The molecule has 0 fully saturated rings. The van der Waals surface area contributed by atoms with E-state index < -0.39 is 21.5 Å². The van der Waals surface area contributed by atoms with Crippen molar-refractivity contribution in [1.82, 2.24) is 14.5 Å². The summed E-state index contributed by atoms with van der Waals surface area (Å²) in [5.41, 5.74) is -4.44. The average Bonchev–Trinajstić information content (AvgIpc) is 2.99. The number of hydrogen-bond acceptors (Lipinski definition) is 5. The molecule has 0 radical (unpaired) electrons. The first-order valence-electron chi connectivity index (χ1n) is 6.16. The number of pyridine rings is 1. The van der Waals surface area contributed by atoms with Crippen molar-refractivity contribution in [1.29, 1.82) is 0 Å². The van der Waals surface area contributed by atoms with Gasteiger partial charge in [-0.25, -0.2) is 9.97 Å². The van der Waals surface area contributed by atoms with E-state index in [0.29, 0.717) is 10.9 Å². The number of alkyl halides is 3. The fourth-order valence-corrected chi connectivity index (χ4v) is 2.28. The number of fused-ring (bicyclic) bond motifs is 1. The fraction of sp³-hybridized carbons (Fsp3) is 0.0769. The molecular formula is C13H8F3N3O3S. The molecule has 120 valence electrons. The SMILES string of the molecule is O=S(=O)(Oc1ccc2cc(-n3ccnc3)ccc2n1)C(F)(F)F. The molecule has 6 nitrogen and oxygen atoms in total. The molecule has 3 rings (SSSR count). The van der Waals surface area contributed by atoms with Gasteiger partial charge in [0.15, 0.2) is 0 Å². The highest BCUT2D eigenvalue weighted by molar-refractivity contribution is 7.87. The van der Waals surface area contributed by atoms with E-state index in [2.05, 4.69) is 14.2 Å². The molecule has 1 aromatic carbocycles. The van der Waals surface area contributed by atoms with Crippen LogP contribution in [-0.2, 0) is 10.1 Å². The third-order valence-corrected chi connectivity index (χ3v) is 3.89. The third-order valence-electron chi connectivity index (χ3n) is 2.93. The largest absolute Gasteiger partial charge is 0.534 e. The molecule has 2 aromatic heterocycles. The Hall–Kier alpha value is -2.62. The summed E-state index contributed by atoms with van der Waals surface area (Å²) in [6.07, 6.45) is 4.91. The van der Waals surface area contributed by atoms with Gasteiger partial charge < -0.3 is 8.75 Å². The van der Waals surface area contributed by atoms with Gasteiger partial charge in [0.25, 0.3) is 0 Å². The summed E-state index contributed by atoms with van der Waals surface area (Å²) in [4.78, 5) is 7.68. The lowest BCUT2D eigenvalue weighted by Gasteiger charge is -2.09. The Morgan fingerprint density at radius 2 is 1.91 bits per heavy atom. The third kappa shape index (κ3) is 2.97. The Morgan fingerprint density at radius 3 is 2.57 bits per heavy atom. The predicted octanol–water partition coefficient (Wildman–Crippen LogP) is 2.65. The molecule has 0 saturated heterocycles. The van der Waals surface area contributed by atoms with Gasteiger partial charge in [0.1, 0.15) is 0 Å². The molecule has 2 heterocycles. The van der Waals surface area contributed by atoms with Crippen molar-refractivity contribution in [2.75, 3.05) is 0 Å². The van der Waals surface area contributed by atoms with Gasteiger partial charge in [0.05, 0.1) is 11.8 Å². The van der Waals surface area contributed by atoms with Gasteiger partial charge in [-0.05, 0) is 24.3 Å². The van der Waals surface area contributed by atoms with E-state index in [1.165, 1.54) is 12.1 Å². The van der Waals surface area contributed by atoms with Crippen LogP contribution >= 0.6 is 0 Å². The molecule has 0 aliphatic rings. The van der Waals surface area contributed by atoms with Gasteiger partial charge in [0.2, 0.25) is 5.88 Å². The first kappa shape index (κ1) is 15.3. The normalized spacial score (nSPS) is 12.5. The standard InChI is InChI=1S/C13H8F3N3O3S/c14-13(15,16)23(20,21)22-12-4-1-9-7-10(2-3-11(9)18-12)19-6-5-17-8-19/h1-8H. The summed E-state index contributed by atoms with van der Waals surface area (Å²) in [7, 11) is -5.74. The second-order valence-electron chi connectivity index (χ2n) is 4.48. The Balaban J connectivity index is 1.96. The van der Waals surface area contributed by atoms with Crippen molar-refractivity contribution >= 4 is 21.0 Å². The van der Waals surface area contributed by atoms with Crippen LogP contribution in [0.15, 0.2) is 49.1 Å². The highest BCUT2D eigenvalue weighted by Crippen LogP contribution is 2.27. The zero-order chi connectivity index (χ0) is 16.7. The van der Waals surface area contributed by atoms with E-state index in [4.69, 9.17) is 0 Å². The topological polar surface area (TPSA) is 74.1 Å². The predicted molar refractivity (Wildman–Crippen MR) is 74.5 cm³/mol. The van der Waals surface area contributed by atoms with E-state index in [9.17, 15) is 21.6 Å². The summed E-state index contributed by atoms with van der Waals surface area (Å²) < 4.78 is 64.6. The highest BCUT2D eigenvalue weighted by atomic mass is 32.2. The Labute approximate surface area is 128 Å². The molecule has 10 heteroatoms. The molecular weight excluding hydrogens is 335 g/mol. The number of nitrogens with zero attached hydrogens (tertiary/aromatic N) is 3. The molecule has 23 heavy (non-hydrogen) atoms. The second-order valence-corrected chi connectivity index (χ2v) is 6.02. The lowest BCUT2D eigenvalue weighted by molar-refractivity contribution is -0.0501. The van der Waals surface area contributed by atoms with Crippen LogP contribution in [0, 0.1) is 0 Å². The Bertz CT molecular complexity index is 954. The number of halogens is 3. The van der Waals surface area contributed by atoms with Gasteiger partial charge in [-0.2, -0.15) is 21.6 Å². The van der Waals surface area contributed by atoms with Crippen LogP contribution < -0.4 is 4.18 Å². The maximum Gasteiger partial charge on any atom is 0.534 e. The monoisotopic (exact) mass is 343 g/mol. The molecule has 0 aliphatic carbocycles. The lowest BCUT2D eigenvalue weighted by Crippen LogP contribution is -2.28. The van der Waals surface area contributed by atoms with E-state index in [-0.39, 0.29) is 0 Å². The summed E-state index contributed by atoms with van der Waals surface area (Å²) in [5.74, 6) is -0.648. The number of benzene rings is 1. The van der Waals surface area contributed by atoms with Crippen LogP contribution in [0.2, 0.25) is 0 Å². The summed E-state index contributed by atoms with van der Waals surface area (Å²) in [5, 5.41) is 0.605. The van der Waals surface area contributed by atoms with Crippen molar-refractivity contribution in [2.45, 2.75) is 5.51 Å². The zero-order valence-corrected chi connectivity index (χ0v) is 12.0. The molecule has 0 unspecified atom stereocenters. The fourth-order valence-electron chi connectivity index (χ4n) is 1.87. The minimum Gasteiger partial charge on any atom is -0.355 e. The van der Waals surface area contributed by atoms with Crippen molar-refractivity contribution < 1.29 is 25.8 Å². The maximum absolute atomic E-state index is 12.3. The minimum atomic E-state index is -5.74. The van der Waals surface area contributed by atoms with Crippen molar-refractivity contribution in [3.8, 4) is 11.6 Å². The van der Waals surface area contributed by atoms with Gasteiger partial charge in [-0.1, -0.05) is 0 Å². The number of aromatic nitrogens is 3. The van der Waals surface area contributed by atoms with E-state index in [1.807, 2.05) is 0 Å². The Morgan fingerprint density at radius 1 is 1.13 bits per heavy atom. The first-order valence-corrected chi connectivity index (χ1v) is 7.57. The van der Waals surface area contributed by atoms with Gasteiger partial charge in [-0.3, -0.25) is 0 Å². The van der Waals surface area contributed by atoms with Gasteiger partial charge in [-0.15, -0.1) is 0 Å². The van der Waals surface area contributed by atoms with Crippen LogP contribution in [0.1, 0.15) is 0 Å². The van der Waals surface area contributed by atoms with Gasteiger partial charge >= 0.3 is 15.6 Å². The molecule has 0 bridgehead atoms. The first-order chi connectivity index (χ1) is 10.8. The Kier molecular flexibility index (Phi) is 3.48. The van der Waals surface area contributed by atoms with Crippen LogP contribution in [0.25, 0.3) is 16.6 Å². The average molecular weight is 343 g/mol. The smallest absolute Gasteiger partial charge is 0.355 e. The summed E-state index contributed by atoms with van der Waals surface area (Å²) in [6.45, 7) is 0. The van der Waals surface area contributed by atoms with E-state index >= 15 is 0 Å². The molecule has 0 aliphatic heterocycles. The molecule has 0 spiro atoms. The van der Waals surface area contributed by atoms with Crippen molar-refractivity contribution in [3.63, 3.8) is 0 Å². The summed E-state index contributed by atoms with van der Waals surface area (Å²) >= 11 is 0. The zero-order valence-electron chi connectivity index (χ0n) is 11.2.